The highest BCUT2D eigenvalue weighted by Gasteiger charge is 2.11. The predicted molar refractivity (Wildman–Crippen MR) is 82.4 cm³/mol. The first kappa shape index (κ1) is 12.8. The van der Waals surface area contributed by atoms with Crippen LogP contribution >= 0.6 is 11.6 Å². The normalized spacial score (nSPS) is 10.7. The predicted octanol–water partition coefficient (Wildman–Crippen LogP) is 4.38. The number of aromatic amines is 1. The molecule has 20 heavy (non-hydrogen) atoms. The van der Waals surface area contributed by atoms with Crippen LogP contribution < -0.4 is 5.32 Å². The molecular weight excluding hydrogens is 272 g/mol. The summed E-state index contributed by atoms with van der Waals surface area (Å²) in [5, 5.41) is 4.53. The zero-order valence-corrected chi connectivity index (χ0v) is 11.7. The second-order valence-corrected chi connectivity index (χ2v) is 5.04. The second-order valence-electron chi connectivity index (χ2n) is 4.64. The molecule has 3 nitrogen and oxygen atoms in total. The number of H-pyrrole nitrogens is 1. The topological polar surface area (TPSA) is 44.9 Å². The van der Waals surface area contributed by atoms with Crippen LogP contribution in [0.4, 0.5) is 5.69 Å². The van der Waals surface area contributed by atoms with E-state index in [0.29, 0.717) is 10.7 Å². The van der Waals surface area contributed by atoms with Crippen LogP contribution in [0, 0.1) is 6.92 Å². The monoisotopic (exact) mass is 284 g/mol. The van der Waals surface area contributed by atoms with Gasteiger partial charge in [0.25, 0.3) is 5.91 Å². The van der Waals surface area contributed by atoms with Crippen LogP contribution in [0.25, 0.3) is 10.9 Å². The van der Waals surface area contributed by atoms with E-state index < -0.39 is 0 Å². The van der Waals surface area contributed by atoms with Crippen LogP contribution in [0.1, 0.15) is 16.1 Å². The Balaban J connectivity index is 1.91. The van der Waals surface area contributed by atoms with Gasteiger partial charge in [-0.05, 0) is 36.8 Å². The van der Waals surface area contributed by atoms with Crippen molar-refractivity contribution in [3.05, 3.63) is 64.8 Å². The summed E-state index contributed by atoms with van der Waals surface area (Å²) < 4.78 is 0. The Hall–Kier alpha value is -2.26. The van der Waals surface area contributed by atoms with Gasteiger partial charge >= 0.3 is 0 Å². The SMILES string of the molecule is Cc1c(Cl)cccc1NC(=O)c1cc2ccccc2[nH]1. The van der Waals surface area contributed by atoms with Gasteiger partial charge in [0.1, 0.15) is 5.69 Å². The van der Waals surface area contributed by atoms with Crippen LogP contribution in [-0.4, -0.2) is 10.9 Å². The van der Waals surface area contributed by atoms with Gasteiger partial charge in [-0.15, -0.1) is 0 Å². The molecule has 3 rings (SSSR count). The number of nitrogens with one attached hydrogen (secondary N) is 2. The van der Waals surface area contributed by atoms with E-state index in [4.69, 9.17) is 11.6 Å². The van der Waals surface area contributed by atoms with Crippen LogP contribution in [0.15, 0.2) is 48.5 Å². The molecule has 2 aromatic carbocycles. The maximum atomic E-state index is 12.3. The van der Waals surface area contributed by atoms with Gasteiger partial charge in [0.15, 0.2) is 0 Å². The molecule has 0 spiro atoms. The number of rotatable bonds is 2. The molecule has 0 aliphatic carbocycles. The summed E-state index contributed by atoms with van der Waals surface area (Å²) in [5.41, 5.74) is 3.06. The summed E-state index contributed by atoms with van der Waals surface area (Å²) in [4.78, 5) is 15.4. The Morgan fingerprint density at radius 2 is 1.95 bits per heavy atom. The summed E-state index contributed by atoms with van der Waals surface area (Å²) >= 11 is 6.05. The zero-order chi connectivity index (χ0) is 14.1. The molecule has 0 aliphatic rings. The minimum absolute atomic E-state index is 0.174. The average Bonchev–Trinajstić information content (AvgIpc) is 2.88. The molecular formula is C16H13ClN2O. The Labute approximate surface area is 121 Å². The summed E-state index contributed by atoms with van der Waals surface area (Å²) in [5.74, 6) is -0.174. The molecule has 0 saturated carbocycles. The summed E-state index contributed by atoms with van der Waals surface area (Å²) in [7, 11) is 0. The number of halogens is 1. The fourth-order valence-corrected chi connectivity index (χ4v) is 2.30. The lowest BCUT2D eigenvalue weighted by molar-refractivity contribution is 0.102. The quantitative estimate of drug-likeness (QED) is 0.720. The molecule has 0 bridgehead atoms. The second kappa shape index (κ2) is 5.02. The van der Waals surface area contributed by atoms with Crippen molar-refractivity contribution >= 4 is 34.1 Å². The molecule has 3 aromatic rings. The van der Waals surface area contributed by atoms with Crippen molar-refractivity contribution in [2.24, 2.45) is 0 Å². The molecule has 0 atom stereocenters. The Morgan fingerprint density at radius 3 is 2.75 bits per heavy atom. The number of anilines is 1. The number of amides is 1. The maximum absolute atomic E-state index is 12.3. The van der Waals surface area contributed by atoms with Gasteiger partial charge in [-0.1, -0.05) is 35.9 Å². The van der Waals surface area contributed by atoms with Crippen LogP contribution in [-0.2, 0) is 0 Å². The van der Waals surface area contributed by atoms with Crippen LogP contribution in [0.5, 0.6) is 0 Å². The zero-order valence-electron chi connectivity index (χ0n) is 10.9. The van der Waals surface area contributed by atoms with Gasteiger partial charge in [-0.25, -0.2) is 0 Å². The lowest BCUT2D eigenvalue weighted by Crippen LogP contribution is -2.13. The number of fused-ring (bicyclic) bond motifs is 1. The standard InChI is InChI=1S/C16H13ClN2O/c1-10-12(17)6-4-8-13(10)19-16(20)15-9-11-5-2-3-7-14(11)18-15/h2-9,18H,1H3,(H,19,20). The third-order valence-electron chi connectivity index (χ3n) is 3.29. The van der Waals surface area contributed by atoms with Crippen molar-refractivity contribution in [2.75, 3.05) is 5.32 Å². The number of aromatic nitrogens is 1. The van der Waals surface area contributed by atoms with E-state index in [1.807, 2.05) is 49.4 Å². The molecule has 1 aromatic heterocycles. The molecule has 2 N–H and O–H groups in total. The molecule has 0 radical (unpaired) electrons. The van der Waals surface area contributed by atoms with E-state index >= 15 is 0 Å². The molecule has 0 fully saturated rings. The van der Waals surface area contributed by atoms with E-state index in [9.17, 15) is 4.79 Å². The summed E-state index contributed by atoms with van der Waals surface area (Å²) in [6, 6.07) is 15.1. The third kappa shape index (κ3) is 2.28. The van der Waals surface area contributed by atoms with Crippen molar-refractivity contribution < 1.29 is 4.79 Å². The first-order chi connectivity index (χ1) is 9.65. The Bertz CT molecular complexity index is 759. The minimum atomic E-state index is -0.174. The summed E-state index contributed by atoms with van der Waals surface area (Å²) in [6.07, 6.45) is 0. The molecule has 1 heterocycles. The van der Waals surface area contributed by atoms with Gasteiger partial charge in [-0.3, -0.25) is 4.79 Å². The highest BCUT2D eigenvalue weighted by atomic mass is 35.5. The first-order valence-electron chi connectivity index (χ1n) is 6.29. The van der Waals surface area contributed by atoms with Gasteiger partial charge < -0.3 is 10.3 Å². The van der Waals surface area contributed by atoms with E-state index in [-0.39, 0.29) is 5.91 Å². The largest absolute Gasteiger partial charge is 0.351 e. The molecule has 100 valence electrons. The van der Waals surface area contributed by atoms with Crippen molar-refractivity contribution in [3.8, 4) is 0 Å². The van der Waals surface area contributed by atoms with Crippen molar-refractivity contribution in [1.82, 2.24) is 4.98 Å². The fraction of sp³-hybridized carbons (Fsp3) is 0.0625. The number of hydrogen-bond acceptors (Lipinski definition) is 1. The molecule has 1 amide bonds. The van der Waals surface area contributed by atoms with Gasteiger partial charge in [0, 0.05) is 21.6 Å². The van der Waals surface area contributed by atoms with E-state index in [1.165, 1.54) is 0 Å². The average molecular weight is 285 g/mol. The first-order valence-corrected chi connectivity index (χ1v) is 6.67. The van der Waals surface area contributed by atoms with Gasteiger partial charge in [-0.2, -0.15) is 0 Å². The number of para-hydroxylation sites is 1. The minimum Gasteiger partial charge on any atom is -0.351 e. The highest BCUT2D eigenvalue weighted by molar-refractivity contribution is 6.31. The number of carbonyl (C=O) groups is 1. The number of hydrogen-bond donors (Lipinski definition) is 2. The number of carbonyl (C=O) groups excluding carboxylic acids is 1. The number of benzene rings is 2. The smallest absolute Gasteiger partial charge is 0.272 e. The van der Waals surface area contributed by atoms with Crippen LogP contribution in [0.3, 0.4) is 0 Å². The lowest BCUT2D eigenvalue weighted by atomic mass is 10.2. The maximum Gasteiger partial charge on any atom is 0.272 e. The van der Waals surface area contributed by atoms with Crippen LogP contribution in [0.2, 0.25) is 5.02 Å². The molecule has 0 aliphatic heterocycles. The molecule has 4 heteroatoms. The van der Waals surface area contributed by atoms with E-state index in [2.05, 4.69) is 10.3 Å². The van der Waals surface area contributed by atoms with E-state index in [1.54, 1.807) is 6.07 Å². The molecule has 0 saturated heterocycles. The third-order valence-corrected chi connectivity index (χ3v) is 3.70. The van der Waals surface area contributed by atoms with Gasteiger partial charge in [0.2, 0.25) is 0 Å². The van der Waals surface area contributed by atoms with Gasteiger partial charge in [0.05, 0.1) is 0 Å². The van der Waals surface area contributed by atoms with E-state index in [0.717, 1.165) is 22.2 Å². The lowest BCUT2D eigenvalue weighted by Gasteiger charge is -2.08. The molecule has 0 unspecified atom stereocenters. The van der Waals surface area contributed by atoms with Crippen molar-refractivity contribution in [1.29, 1.82) is 0 Å². The Morgan fingerprint density at radius 1 is 1.15 bits per heavy atom. The van der Waals surface area contributed by atoms with Crippen molar-refractivity contribution in [3.63, 3.8) is 0 Å². The van der Waals surface area contributed by atoms with Crippen molar-refractivity contribution in [2.45, 2.75) is 6.92 Å². The Kier molecular flexibility index (Phi) is 3.20. The fourth-order valence-electron chi connectivity index (χ4n) is 2.13. The highest BCUT2D eigenvalue weighted by Crippen LogP contribution is 2.24. The summed E-state index contributed by atoms with van der Waals surface area (Å²) in [6.45, 7) is 1.88.